The van der Waals surface area contributed by atoms with Crippen molar-refractivity contribution in [1.29, 1.82) is 0 Å². The number of rotatable bonds is 6. The number of carbonyl (C=O) groups is 2. The van der Waals surface area contributed by atoms with Gasteiger partial charge in [0, 0.05) is 17.3 Å². The number of nitrogens with zero attached hydrogens (tertiary/aromatic N) is 3. The first-order chi connectivity index (χ1) is 14.0. The lowest BCUT2D eigenvalue weighted by molar-refractivity contribution is -0.116. The second-order valence-corrected chi connectivity index (χ2v) is 7.26. The van der Waals surface area contributed by atoms with Gasteiger partial charge in [-0.15, -0.1) is 0 Å². The van der Waals surface area contributed by atoms with E-state index in [1.165, 1.54) is 16.2 Å². The Morgan fingerprint density at radius 1 is 1.17 bits per heavy atom. The molecule has 4 aromatic rings. The Balaban J connectivity index is 1.71. The van der Waals surface area contributed by atoms with Crippen molar-refractivity contribution in [3.8, 4) is 16.9 Å². The summed E-state index contributed by atoms with van der Waals surface area (Å²) in [7, 11) is 1.55. The average Bonchev–Trinajstić information content (AvgIpc) is 3.40. The first-order valence-electron chi connectivity index (χ1n) is 8.69. The van der Waals surface area contributed by atoms with Gasteiger partial charge in [0.1, 0.15) is 12.3 Å². The summed E-state index contributed by atoms with van der Waals surface area (Å²) in [4.78, 5) is 30.5. The molecule has 0 fully saturated rings. The molecular formula is C20H17N5O3S. The highest BCUT2D eigenvalue weighted by Gasteiger charge is 2.23. The Kier molecular flexibility index (Phi) is 4.96. The zero-order valence-corrected chi connectivity index (χ0v) is 16.3. The molecule has 0 unspecified atom stereocenters. The normalized spacial score (nSPS) is 10.8. The van der Waals surface area contributed by atoms with Crippen molar-refractivity contribution in [3.05, 3.63) is 60.4 Å². The highest BCUT2D eigenvalue weighted by molar-refractivity contribution is 7.22. The molecule has 4 rings (SSSR count). The van der Waals surface area contributed by atoms with Crippen molar-refractivity contribution in [3.63, 3.8) is 0 Å². The van der Waals surface area contributed by atoms with Gasteiger partial charge >= 0.3 is 0 Å². The van der Waals surface area contributed by atoms with Gasteiger partial charge in [-0.3, -0.25) is 19.6 Å². The van der Waals surface area contributed by atoms with E-state index in [9.17, 15) is 9.59 Å². The van der Waals surface area contributed by atoms with Crippen LogP contribution < -0.4 is 15.4 Å². The number of nitrogens with one attached hydrogen (secondary N) is 1. The Morgan fingerprint density at radius 2 is 1.97 bits per heavy atom. The summed E-state index contributed by atoms with van der Waals surface area (Å²) in [5.74, 6) is -0.347. The van der Waals surface area contributed by atoms with Crippen molar-refractivity contribution in [2.45, 2.75) is 0 Å². The molecule has 0 saturated heterocycles. The number of anilines is 1. The fraction of sp³-hybridized carbons (Fsp3) is 0.100. The summed E-state index contributed by atoms with van der Waals surface area (Å²) < 4.78 is 6.01. The number of H-pyrrole nitrogens is 1. The largest absolute Gasteiger partial charge is 0.497 e. The van der Waals surface area contributed by atoms with Crippen LogP contribution in [0.4, 0.5) is 5.13 Å². The second-order valence-electron chi connectivity index (χ2n) is 6.25. The van der Waals surface area contributed by atoms with Gasteiger partial charge in [0.15, 0.2) is 5.13 Å². The molecule has 2 aromatic carbocycles. The number of benzene rings is 2. The van der Waals surface area contributed by atoms with Gasteiger partial charge in [-0.05, 0) is 42.0 Å². The number of nitrogens with two attached hydrogens (primary N) is 1. The van der Waals surface area contributed by atoms with Crippen LogP contribution in [0, 0.1) is 0 Å². The minimum Gasteiger partial charge on any atom is -0.497 e. The number of primary amides is 1. The van der Waals surface area contributed by atoms with Gasteiger partial charge in [-0.25, -0.2) is 4.98 Å². The van der Waals surface area contributed by atoms with Crippen LogP contribution in [0.15, 0.2) is 54.9 Å². The molecule has 2 heterocycles. The van der Waals surface area contributed by atoms with E-state index in [4.69, 9.17) is 10.5 Å². The number of ether oxygens (including phenoxy) is 1. The molecular weight excluding hydrogens is 390 g/mol. The third kappa shape index (κ3) is 3.81. The Bertz CT molecular complexity index is 1170. The standard InChI is InChI=1S/C20H17N5O3S/c1-28-15-5-2-12(3-6-15)19(27)25(11-18(21)26)20-24-16-7-4-13(8-17(16)29-20)14-9-22-23-10-14/h2-10H,11H2,1H3,(H2,21,26)(H,22,23). The van der Waals surface area contributed by atoms with Crippen molar-refractivity contribution < 1.29 is 14.3 Å². The summed E-state index contributed by atoms with van der Waals surface area (Å²) in [6, 6.07) is 12.4. The van der Waals surface area contributed by atoms with E-state index in [1.54, 1.807) is 43.8 Å². The van der Waals surface area contributed by atoms with E-state index < -0.39 is 5.91 Å². The minimum atomic E-state index is -0.620. The number of fused-ring (bicyclic) bond motifs is 1. The Labute approximate surface area is 169 Å². The average molecular weight is 407 g/mol. The molecule has 2 amide bonds. The summed E-state index contributed by atoms with van der Waals surface area (Å²) in [5.41, 5.74) is 8.45. The molecule has 0 spiro atoms. The number of carbonyl (C=O) groups excluding carboxylic acids is 2. The summed E-state index contributed by atoms with van der Waals surface area (Å²) in [6.07, 6.45) is 3.53. The van der Waals surface area contributed by atoms with Gasteiger partial charge in [-0.2, -0.15) is 5.10 Å². The van der Waals surface area contributed by atoms with Crippen molar-refractivity contribution in [1.82, 2.24) is 15.2 Å². The van der Waals surface area contributed by atoms with Gasteiger partial charge < -0.3 is 10.5 Å². The molecule has 0 aliphatic heterocycles. The van der Waals surface area contributed by atoms with Crippen LogP contribution in [-0.4, -0.2) is 40.7 Å². The van der Waals surface area contributed by atoms with Crippen LogP contribution in [0.1, 0.15) is 10.4 Å². The summed E-state index contributed by atoms with van der Waals surface area (Å²) >= 11 is 1.32. The topological polar surface area (TPSA) is 114 Å². The predicted molar refractivity (Wildman–Crippen MR) is 111 cm³/mol. The lowest BCUT2D eigenvalue weighted by atomic mass is 10.1. The molecule has 0 aliphatic rings. The zero-order chi connectivity index (χ0) is 20.4. The smallest absolute Gasteiger partial charge is 0.260 e. The van der Waals surface area contributed by atoms with Crippen LogP contribution in [0.5, 0.6) is 5.75 Å². The highest BCUT2D eigenvalue weighted by atomic mass is 32.1. The number of methoxy groups -OCH3 is 1. The van der Waals surface area contributed by atoms with E-state index >= 15 is 0 Å². The van der Waals surface area contributed by atoms with Crippen molar-refractivity contribution >= 4 is 38.5 Å². The molecule has 9 heteroatoms. The van der Waals surface area contributed by atoms with E-state index in [2.05, 4.69) is 15.2 Å². The van der Waals surface area contributed by atoms with Crippen LogP contribution in [0.2, 0.25) is 0 Å². The number of hydrogen-bond donors (Lipinski definition) is 2. The number of hydrogen-bond acceptors (Lipinski definition) is 6. The number of amides is 2. The Hall–Kier alpha value is -3.72. The van der Waals surface area contributed by atoms with E-state index in [0.717, 1.165) is 21.3 Å². The van der Waals surface area contributed by atoms with Crippen LogP contribution in [0.25, 0.3) is 21.3 Å². The number of aromatic nitrogens is 3. The SMILES string of the molecule is COc1ccc(C(=O)N(CC(N)=O)c2nc3ccc(-c4cn[nH]c4)cc3s2)cc1. The third-order valence-corrected chi connectivity index (χ3v) is 5.38. The van der Waals surface area contributed by atoms with Gasteiger partial charge in [-0.1, -0.05) is 17.4 Å². The fourth-order valence-electron chi connectivity index (χ4n) is 2.89. The first-order valence-corrected chi connectivity index (χ1v) is 9.51. The summed E-state index contributed by atoms with van der Waals surface area (Å²) in [5, 5.41) is 7.16. The number of thiazole rings is 1. The number of aromatic amines is 1. The molecule has 0 atom stereocenters. The minimum absolute atomic E-state index is 0.265. The van der Waals surface area contributed by atoms with Gasteiger partial charge in [0.2, 0.25) is 5.91 Å². The van der Waals surface area contributed by atoms with E-state index in [1.807, 2.05) is 18.2 Å². The summed E-state index contributed by atoms with van der Waals surface area (Å²) in [6.45, 7) is -0.265. The van der Waals surface area contributed by atoms with Gasteiger partial charge in [0.25, 0.3) is 5.91 Å². The Morgan fingerprint density at radius 3 is 2.62 bits per heavy atom. The zero-order valence-electron chi connectivity index (χ0n) is 15.5. The van der Waals surface area contributed by atoms with Crippen LogP contribution in [0.3, 0.4) is 0 Å². The quantitative estimate of drug-likeness (QED) is 0.510. The van der Waals surface area contributed by atoms with Crippen LogP contribution >= 0.6 is 11.3 Å². The fourth-order valence-corrected chi connectivity index (χ4v) is 3.89. The van der Waals surface area contributed by atoms with E-state index in [-0.39, 0.29) is 12.5 Å². The van der Waals surface area contributed by atoms with Crippen molar-refractivity contribution in [2.75, 3.05) is 18.6 Å². The molecule has 29 heavy (non-hydrogen) atoms. The molecule has 8 nitrogen and oxygen atoms in total. The molecule has 2 aromatic heterocycles. The first kappa shape index (κ1) is 18.6. The van der Waals surface area contributed by atoms with Gasteiger partial charge in [0.05, 0.1) is 23.5 Å². The predicted octanol–water partition coefficient (Wildman–Crippen LogP) is 2.83. The maximum absolute atomic E-state index is 13.0. The molecule has 3 N–H and O–H groups in total. The monoisotopic (exact) mass is 407 g/mol. The molecule has 0 radical (unpaired) electrons. The molecule has 0 bridgehead atoms. The molecule has 146 valence electrons. The lowest BCUT2D eigenvalue weighted by Gasteiger charge is -2.18. The molecule has 0 saturated carbocycles. The van der Waals surface area contributed by atoms with Crippen LogP contribution in [-0.2, 0) is 4.79 Å². The molecule has 0 aliphatic carbocycles. The maximum Gasteiger partial charge on any atom is 0.260 e. The second kappa shape index (κ2) is 7.72. The lowest BCUT2D eigenvalue weighted by Crippen LogP contribution is -2.38. The highest BCUT2D eigenvalue weighted by Crippen LogP contribution is 2.32. The third-order valence-electron chi connectivity index (χ3n) is 4.34. The van der Waals surface area contributed by atoms with Crippen molar-refractivity contribution in [2.24, 2.45) is 5.73 Å². The maximum atomic E-state index is 13.0. The van der Waals surface area contributed by atoms with E-state index in [0.29, 0.717) is 16.4 Å².